The molecule has 3 rings (SSSR count). The van der Waals surface area contributed by atoms with Crippen molar-refractivity contribution in [3.8, 4) is 0 Å². The molecule has 3 aromatic rings. The summed E-state index contributed by atoms with van der Waals surface area (Å²) < 4.78 is 29.7. The van der Waals surface area contributed by atoms with Crippen LogP contribution in [0.4, 0.5) is 5.82 Å². The average molecular weight is 344 g/mol. The largest absolute Gasteiger partial charge is 0.263 e. The summed E-state index contributed by atoms with van der Waals surface area (Å²) in [7, 11) is -3.73. The second-order valence-corrected chi connectivity index (χ2v) is 7.46. The van der Waals surface area contributed by atoms with Crippen LogP contribution in [0.2, 0.25) is 4.47 Å². The van der Waals surface area contributed by atoms with Gasteiger partial charge in [-0.3, -0.25) is 9.40 Å². The molecule has 7 nitrogen and oxygen atoms in total. The van der Waals surface area contributed by atoms with E-state index in [1.165, 1.54) is 34.3 Å². The first-order valence-electron chi connectivity index (χ1n) is 5.97. The number of nitrogens with zero attached hydrogens (tertiary/aromatic N) is 4. The monoisotopic (exact) mass is 343 g/mol. The third-order valence-corrected chi connectivity index (χ3v) is 5.24. The molecule has 0 atom stereocenters. The molecule has 0 unspecified atom stereocenters. The van der Waals surface area contributed by atoms with Gasteiger partial charge in [0.2, 0.25) is 0 Å². The van der Waals surface area contributed by atoms with Crippen molar-refractivity contribution in [1.82, 2.24) is 20.0 Å². The number of hydrogen-bond donors (Lipinski definition) is 1. The molecule has 0 spiro atoms. The predicted molar refractivity (Wildman–Crippen MR) is 81.1 cm³/mol. The third-order valence-electron chi connectivity index (χ3n) is 2.74. The SMILES string of the molecule is CCn1cc(NS(=O)(=O)c2ccc3sc(Cl)nc3c2)nn1. The van der Waals surface area contributed by atoms with Gasteiger partial charge in [0.1, 0.15) is 0 Å². The van der Waals surface area contributed by atoms with Crippen molar-refractivity contribution in [2.45, 2.75) is 18.4 Å². The van der Waals surface area contributed by atoms with Crippen LogP contribution in [0.15, 0.2) is 29.3 Å². The fourth-order valence-corrected chi connectivity index (χ4v) is 3.75. The normalized spacial score (nSPS) is 11.9. The Bertz CT molecular complexity index is 902. The average Bonchev–Trinajstić information content (AvgIpc) is 3.02. The van der Waals surface area contributed by atoms with E-state index in [-0.39, 0.29) is 10.7 Å². The lowest BCUT2D eigenvalue weighted by atomic mass is 10.3. The van der Waals surface area contributed by atoms with Gasteiger partial charge in [0.05, 0.1) is 21.3 Å². The summed E-state index contributed by atoms with van der Waals surface area (Å²) in [6.07, 6.45) is 1.52. The molecule has 2 heterocycles. The Morgan fingerprint density at radius 3 is 2.95 bits per heavy atom. The molecule has 0 amide bonds. The first-order valence-corrected chi connectivity index (χ1v) is 8.65. The second-order valence-electron chi connectivity index (χ2n) is 4.16. The zero-order valence-corrected chi connectivity index (χ0v) is 13.2. The van der Waals surface area contributed by atoms with Crippen LogP contribution < -0.4 is 4.72 Å². The van der Waals surface area contributed by atoms with Crippen LogP contribution in [0, 0.1) is 0 Å². The van der Waals surface area contributed by atoms with Crippen molar-refractivity contribution in [1.29, 1.82) is 0 Å². The van der Waals surface area contributed by atoms with Crippen LogP contribution in [0.5, 0.6) is 0 Å². The van der Waals surface area contributed by atoms with Gasteiger partial charge in [-0.15, -0.1) is 16.4 Å². The van der Waals surface area contributed by atoms with Crippen molar-refractivity contribution >= 4 is 49.0 Å². The lowest BCUT2D eigenvalue weighted by Crippen LogP contribution is -2.13. The number of benzene rings is 1. The molecule has 0 fully saturated rings. The summed E-state index contributed by atoms with van der Waals surface area (Å²) in [5, 5.41) is 7.53. The number of aryl methyl sites for hydroxylation is 1. The number of hydrogen-bond acceptors (Lipinski definition) is 6. The Hall–Kier alpha value is -1.71. The van der Waals surface area contributed by atoms with Crippen LogP contribution in [0.3, 0.4) is 0 Å². The summed E-state index contributed by atoms with van der Waals surface area (Å²) in [6.45, 7) is 2.49. The number of thiazole rings is 1. The highest BCUT2D eigenvalue weighted by Crippen LogP contribution is 2.27. The maximum absolute atomic E-state index is 12.3. The summed E-state index contributed by atoms with van der Waals surface area (Å²) in [5.74, 6) is 0.174. The molecule has 0 aliphatic carbocycles. The number of sulfonamides is 1. The summed E-state index contributed by atoms with van der Waals surface area (Å²) in [4.78, 5) is 4.17. The highest BCUT2D eigenvalue weighted by atomic mass is 35.5. The minimum absolute atomic E-state index is 0.100. The lowest BCUT2D eigenvalue weighted by Gasteiger charge is -2.04. The number of fused-ring (bicyclic) bond motifs is 1. The quantitative estimate of drug-likeness (QED) is 0.785. The van der Waals surface area contributed by atoms with Crippen molar-refractivity contribution in [2.75, 3.05) is 4.72 Å². The van der Waals surface area contributed by atoms with E-state index in [1.54, 1.807) is 6.07 Å². The zero-order valence-electron chi connectivity index (χ0n) is 10.8. The molecule has 0 saturated carbocycles. The molecule has 0 radical (unpaired) electrons. The van der Waals surface area contributed by atoms with Gasteiger partial charge in [0.15, 0.2) is 10.3 Å². The zero-order chi connectivity index (χ0) is 15.0. The standard InChI is InChI=1S/C11H10ClN5O2S2/c1-2-17-6-10(14-16-17)15-21(18,19)7-3-4-9-8(5-7)13-11(12)20-9/h3-6,15H,2H2,1H3. The molecular weight excluding hydrogens is 334 g/mol. The highest BCUT2D eigenvalue weighted by molar-refractivity contribution is 7.92. The van der Waals surface area contributed by atoms with Crippen molar-refractivity contribution in [3.05, 3.63) is 28.9 Å². The van der Waals surface area contributed by atoms with Gasteiger partial charge >= 0.3 is 0 Å². The Kier molecular flexibility index (Phi) is 3.56. The van der Waals surface area contributed by atoms with E-state index in [4.69, 9.17) is 11.6 Å². The number of nitrogens with one attached hydrogen (secondary N) is 1. The van der Waals surface area contributed by atoms with Crippen LogP contribution in [-0.4, -0.2) is 28.4 Å². The molecular formula is C11H10ClN5O2S2. The van der Waals surface area contributed by atoms with Gasteiger partial charge in [0.25, 0.3) is 10.0 Å². The minimum Gasteiger partial charge on any atom is -0.261 e. The van der Waals surface area contributed by atoms with Gasteiger partial charge in [0, 0.05) is 6.54 Å². The molecule has 110 valence electrons. The molecule has 0 bridgehead atoms. The molecule has 10 heteroatoms. The molecule has 0 saturated heterocycles. The van der Waals surface area contributed by atoms with Gasteiger partial charge < -0.3 is 0 Å². The number of rotatable bonds is 4. The maximum Gasteiger partial charge on any atom is 0.263 e. The second kappa shape index (κ2) is 5.24. The van der Waals surface area contributed by atoms with Crippen LogP contribution in [0.25, 0.3) is 10.2 Å². The van der Waals surface area contributed by atoms with E-state index < -0.39 is 10.0 Å². The Labute approximate surface area is 129 Å². The first-order chi connectivity index (χ1) is 9.98. The van der Waals surface area contributed by atoms with E-state index in [0.717, 1.165) is 4.70 Å². The van der Waals surface area contributed by atoms with Crippen LogP contribution in [0.1, 0.15) is 6.92 Å². The molecule has 0 aliphatic rings. The minimum atomic E-state index is -3.73. The smallest absolute Gasteiger partial charge is 0.261 e. The summed E-state index contributed by atoms with van der Waals surface area (Å²) in [5.41, 5.74) is 0.546. The maximum atomic E-state index is 12.3. The molecule has 21 heavy (non-hydrogen) atoms. The van der Waals surface area contributed by atoms with Crippen molar-refractivity contribution in [2.24, 2.45) is 0 Å². The highest BCUT2D eigenvalue weighted by Gasteiger charge is 2.17. The van der Waals surface area contributed by atoms with E-state index in [1.807, 2.05) is 6.92 Å². The molecule has 1 aromatic carbocycles. The van der Waals surface area contributed by atoms with Crippen LogP contribution in [-0.2, 0) is 16.6 Å². The topological polar surface area (TPSA) is 89.8 Å². The summed E-state index contributed by atoms with van der Waals surface area (Å²) in [6, 6.07) is 4.66. The van der Waals surface area contributed by atoms with Gasteiger partial charge in [-0.1, -0.05) is 16.8 Å². The molecule has 1 N–H and O–H groups in total. The lowest BCUT2D eigenvalue weighted by molar-refractivity contribution is 0.601. The predicted octanol–water partition coefficient (Wildman–Crippen LogP) is 2.36. The molecule has 0 aliphatic heterocycles. The van der Waals surface area contributed by atoms with E-state index >= 15 is 0 Å². The van der Waals surface area contributed by atoms with Crippen molar-refractivity contribution < 1.29 is 8.42 Å². The Morgan fingerprint density at radius 1 is 1.43 bits per heavy atom. The molecule has 2 aromatic heterocycles. The van der Waals surface area contributed by atoms with Gasteiger partial charge in [-0.05, 0) is 25.1 Å². The van der Waals surface area contributed by atoms with Crippen LogP contribution >= 0.6 is 22.9 Å². The van der Waals surface area contributed by atoms with E-state index in [9.17, 15) is 8.42 Å². The fraction of sp³-hybridized carbons (Fsp3) is 0.182. The number of anilines is 1. The first kappa shape index (κ1) is 14.2. The number of aromatic nitrogens is 4. The van der Waals surface area contributed by atoms with E-state index in [0.29, 0.717) is 16.5 Å². The van der Waals surface area contributed by atoms with E-state index in [2.05, 4.69) is 20.0 Å². The van der Waals surface area contributed by atoms with Gasteiger partial charge in [-0.25, -0.2) is 13.4 Å². The van der Waals surface area contributed by atoms with Gasteiger partial charge in [-0.2, -0.15) is 0 Å². The Morgan fingerprint density at radius 2 is 2.24 bits per heavy atom. The Balaban J connectivity index is 1.95. The summed E-state index contributed by atoms with van der Waals surface area (Å²) >= 11 is 7.11. The number of halogens is 1. The third kappa shape index (κ3) is 2.85. The van der Waals surface area contributed by atoms with Crippen molar-refractivity contribution in [3.63, 3.8) is 0 Å². The fourth-order valence-electron chi connectivity index (χ4n) is 1.74.